The van der Waals surface area contributed by atoms with E-state index >= 15 is 0 Å². The van der Waals surface area contributed by atoms with E-state index in [-0.39, 0.29) is 17.2 Å². The van der Waals surface area contributed by atoms with Gasteiger partial charge in [0.15, 0.2) is 0 Å². The fourth-order valence-corrected chi connectivity index (χ4v) is 4.19. The minimum absolute atomic E-state index is 0.0814. The van der Waals surface area contributed by atoms with Crippen molar-refractivity contribution in [1.82, 2.24) is 4.98 Å². The van der Waals surface area contributed by atoms with Crippen LogP contribution in [0.2, 0.25) is 0 Å². The SMILES string of the molecule is N#Cc1cc([N+](=O)[O-])ccc1NC[C@@H](c1cccs1)c1c[nH]c2ccccc12. The second-order valence-electron chi connectivity index (χ2n) is 6.34. The molecule has 0 unspecified atom stereocenters. The molecule has 0 aliphatic rings. The standard InChI is InChI=1S/C21H16N4O2S/c22-11-14-10-15(25(26)27)7-8-19(14)23-13-18(21-6-3-9-28-21)17-12-24-20-5-2-1-4-16(17)20/h1-10,12,18,23-24H,13H2/t18-/m1/s1. The number of nitrogens with zero attached hydrogens (tertiary/aromatic N) is 2. The summed E-state index contributed by atoms with van der Waals surface area (Å²) in [4.78, 5) is 15.0. The summed E-state index contributed by atoms with van der Waals surface area (Å²) in [5.74, 6) is 0.0814. The summed E-state index contributed by atoms with van der Waals surface area (Å²) in [6.07, 6.45) is 2.03. The van der Waals surface area contributed by atoms with Gasteiger partial charge < -0.3 is 10.3 Å². The number of anilines is 1. The van der Waals surface area contributed by atoms with Gasteiger partial charge >= 0.3 is 0 Å². The van der Waals surface area contributed by atoms with E-state index in [1.807, 2.05) is 41.9 Å². The zero-order valence-corrected chi connectivity index (χ0v) is 15.6. The van der Waals surface area contributed by atoms with Gasteiger partial charge in [0.1, 0.15) is 6.07 Å². The summed E-state index contributed by atoms with van der Waals surface area (Å²) in [7, 11) is 0. The number of nitro groups is 1. The van der Waals surface area contributed by atoms with Crippen LogP contribution >= 0.6 is 11.3 Å². The van der Waals surface area contributed by atoms with Gasteiger partial charge in [0.05, 0.1) is 16.2 Å². The molecule has 28 heavy (non-hydrogen) atoms. The van der Waals surface area contributed by atoms with E-state index in [2.05, 4.69) is 22.4 Å². The molecule has 0 aliphatic carbocycles. The molecule has 4 aromatic rings. The third-order valence-corrected chi connectivity index (χ3v) is 5.70. The molecule has 4 rings (SSSR count). The first kappa shape index (κ1) is 17.8. The molecule has 6 nitrogen and oxygen atoms in total. The Bertz CT molecular complexity index is 1170. The van der Waals surface area contributed by atoms with Gasteiger partial charge in [-0.1, -0.05) is 24.3 Å². The summed E-state index contributed by atoms with van der Waals surface area (Å²) in [5.41, 5.74) is 3.01. The molecule has 2 heterocycles. The Morgan fingerprint density at radius 1 is 1.21 bits per heavy atom. The van der Waals surface area contributed by atoms with Crippen LogP contribution in [0.1, 0.15) is 21.9 Å². The third-order valence-electron chi connectivity index (χ3n) is 4.71. The van der Waals surface area contributed by atoms with Crippen LogP contribution in [0.3, 0.4) is 0 Å². The minimum atomic E-state index is -0.495. The molecule has 2 aromatic carbocycles. The zero-order chi connectivity index (χ0) is 19.5. The van der Waals surface area contributed by atoms with E-state index in [0.29, 0.717) is 12.2 Å². The molecular formula is C21H16N4O2S. The Kier molecular flexibility index (Phi) is 4.79. The lowest BCUT2D eigenvalue weighted by molar-refractivity contribution is -0.384. The molecule has 0 saturated heterocycles. The molecule has 1 atom stereocenters. The molecule has 0 spiro atoms. The summed E-state index contributed by atoms with van der Waals surface area (Å²) in [6, 6.07) is 18.6. The van der Waals surface area contributed by atoms with Gasteiger partial charge in [0, 0.05) is 46.6 Å². The molecule has 2 N–H and O–H groups in total. The van der Waals surface area contributed by atoms with Gasteiger partial charge in [-0.05, 0) is 29.1 Å². The number of nitrogens with one attached hydrogen (secondary N) is 2. The molecule has 0 radical (unpaired) electrons. The van der Waals surface area contributed by atoms with Crippen molar-refractivity contribution >= 4 is 33.6 Å². The Hall–Kier alpha value is -3.63. The van der Waals surface area contributed by atoms with E-state index in [1.165, 1.54) is 22.6 Å². The highest BCUT2D eigenvalue weighted by Crippen LogP contribution is 2.34. The average molecular weight is 388 g/mol. The van der Waals surface area contributed by atoms with Crippen LogP contribution < -0.4 is 5.32 Å². The van der Waals surface area contributed by atoms with Gasteiger partial charge in [-0.25, -0.2) is 0 Å². The maximum atomic E-state index is 11.0. The number of rotatable bonds is 6. The van der Waals surface area contributed by atoms with Gasteiger partial charge in [-0.3, -0.25) is 10.1 Å². The van der Waals surface area contributed by atoms with Crippen molar-refractivity contribution in [1.29, 1.82) is 5.26 Å². The first-order chi connectivity index (χ1) is 13.7. The van der Waals surface area contributed by atoms with E-state index in [1.54, 1.807) is 17.4 Å². The third kappa shape index (κ3) is 3.33. The number of nitriles is 1. The number of benzene rings is 2. The summed E-state index contributed by atoms with van der Waals surface area (Å²) in [5, 5.41) is 26.9. The van der Waals surface area contributed by atoms with E-state index < -0.39 is 4.92 Å². The highest BCUT2D eigenvalue weighted by molar-refractivity contribution is 7.10. The van der Waals surface area contributed by atoms with Gasteiger partial charge in [0.25, 0.3) is 5.69 Å². The predicted molar refractivity (Wildman–Crippen MR) is 111 cm³/mol. The van der Waals surface area contributed by atoms with Crippen LogP contribution in [0.25, 0.3) is 10.9 Å². The number of aromatic nitrogens is 1. The molecular weight excluding hydrogens is 372 g/mol. The number of nitro benzene ring substituents is 1. The second-order valence-corrected chi connectivity index (χ2v) is 7.32. The molecule has 2 aromatic heterocycles. The van der Waals surface area contributed by atoms with Crippen molar-refractivity contribution in [2.24, 2.45) is 0 Å². The highest BCUT2D eigenvalue weighted by atomic mass is 32.1. The van der Waals surface area contributed by atoms with Crippen LogP contribution in [0, 0.1) is 21.4 Å². The summed E-state index contributed by atoms with van der Waals surface area (Å²) in [6.45, 7) is 0.564. The molecule has 0 fully saturated rings. The smallest absolute Gasteiger partial charge is 0.270 e. The molecule has 0 aliphatic heterocycles. The van der Waals surface area contributed by atoms with E-state index in [0.717, 1.165) is 10.9 Å². The van der Waals surface area contributed by atoms with Crippen LogP contribution in [0.5, 0.6) is 0 Å². The van der Waals surface area contributed by atoms with Gasteiger partial charge in [0.2, 0.25) is 0 Å². The lowest BCUT2D eigenvalue weighted by atomic mass is 9.96. The van der Waals surface area contributed by atoms with E-state index in [4.69, 9.17) is 0 Å². The molecule has 0 saturated carbocycles. The van der Waals surface area contributed by atoms with Crippen molar-refractivity contribution in [3.05, 3.63) is 92.3 Å². The predicted octanol–water partition coefficient (Wildman–Crippen LogP) is 5.25. The van der Waals surface area contributed by atoms with Gasteiger partial charge in [-0.2, -0.15) is 5.26 Å². The van der Waals surface area contributed by atoms with Crippen molar-refractivity contribution in [2.75, 3.05) is 11.9 Å². The van der Waals surface area contributed by atoms with Crippen molar-refractivity contribution in [3.8, 4) is 6.07 Å². The second kappa shape index (κ2) is 7.55. The Balaban J connectivity index is 1.67. The molecule has 138 valence electrons. The van der Waals surface area contributed by atoms with Gasteiger partial charge in [-0.15, -0.1) is 11.3 Å². The van der Waals surface area contributed by atoms with Crippen LogP contribution in [-0.4, -0.2) is 16.5 Å². The summed E-state index contributed by atoms with van der Waals surface area (Å²) >= 11 is 1.68. The lowest BCUT2D eigenvalue weighted by Gasteiger charge is -2.17. The Morgan fingerprint density at radius 3 is 2.82 bits per heavy atom. The number of hydrogen-bond donors (Lipinski definition) is 2. The van der Waals surface area contributed by atoms with Crippen molar-refractivity contribution in [3.63, 3.8) is 0 Å². The number of hydrogen-bond acceptors (Lipinski definition) is 5. The maximum Gasteiger partial charge on any atom is 0.270 e. The number of non-ortho nitro benzene ring substituents is 1. The largest absolute Gasteiger partial charge is 0.383 e. The van der Waals surface area contributed by atoms with Crippen LogP contribution in [-0.2, 0) is 0 Å². The normalized spacial score (nSPS) is 11.8. The zero-order valence-electron chi connectivity index (χ0n) is 14.8. The fraction of sp³-hybridized carbons (Fsp3) is 0.0952. The first-order valence-electron chi connectivity index (χ1n) is 8.69. The number of H-pyrrole nitrogens is 1. The lowest BCUT2D eigenvalue weighted by Crippen LogP contribution is -2.13. The Labute approximate surface area is 165 Å². The van der Waals surface area contributed by atoms with Crippen LogP contribution in [0.15, 0.2) is 66.2 Å². The summed E-state index contributed by atoms with van der Waals surface area (Å²) < 4.78 is 0. The van der Waals surface area contributed by atoms with Crippen molar-refractivity contribution < 1.29 is 4.92 Å². The maximum absolute atomic E-state index is 11.0. The first-order valence-corrected chi connectivity index (χ1v) is 9.57. The molecule has 7 heteroatoms. The monoisotopic (exact) mass is 388 g/mol. The van der Waals surface area contributed by atoms with E-state index in [9.17, 15) is 15.4 Å². The number of aromatic amines is 1. The number of fused-ring (bicyclic) bond motifs is 1. The average Bonchev–Trinajstić information content (AvgIpc) is 3.39. The number of para-hydroxylation sites is 1. The molecule has 0 bridgehead atoms. The van der Waals surface area contributed by atoms with Crippen molar-refractivity contribution in [2.45, 2.75) is 5.92 Å². The topological polar surface area (TPSA) is 94.8 Å². The fourth-order valence-electron chi connectivity index (χ4n) is 3.34. The minimum Gasteiger partial charge on any atom is -0.383 e. The number of thiophene rings is 1. The van der Waals surface area contributed by atoms with Crippen LogP contribution in [0.4, 0.5) is 11.4 Å². The molecule has 0 amide bonds. The highest BCUT2D eigenvalue weighted by Gasteiger charge is 2.20. The quantitative estimate of drug-likeness (QED) is 0.348. The Morgan fingerprint density at radius 2 is 2.07 bits per heavy atom.